The molecule has 0 saturated carbocycles. The summed E-state index contributed by atoms with van der Waals surface area (Å²) in [5.74, 6) is 1.05. The van der Waals surface area contributed by atoms with E-state index in [4.69, 9.17) is 4.74 Å². The molecule has 25 heavy (non-hydrogen) atoms. The summed E-state index contributed by atoms with van der Waals surface area (Å²) >= 11 is 1.68. The van der Waals surface area contributed by atoms with Gasteiger partial charge in [-0.1, -0.05) is 19.9 Å². The average molecular weight is 362 g/mol. The van der Waals surface area contributed by atoms with Crippen molar-refractivity contribution in [1.82, 2.24) is 9.97 Å². The van der Waals surface area contributed by atoms with Crippen LogP contribution in [0.4, 0.5) is 10.6 Å². The lowest BCUT2D eigenvalue weighted by Gasteiger charge is -2.26. The molecule has 1 amide bonds. The van der Waals surface area contributed by atoms with Gasteiger partial charge in [-0.15, -0.1) is 11.3 Å². The van der Waals surface area contributed by atoms with Gasteiger partial charge >= 0.3 is 6.09 Å². The van der Waals surface area contributed by atoms with Gasteiger partial charge in [0.05, 0.1) is 10.7 Å². The summed E-state index contributed by atoms with van der Waals surface area (Å²) in [6.45, 7) is 10.4. The van der Waals surface area contributed by atoms with E-state index in [1.165, 1.54) is 0 Å². The number of aromatic nitrogens is 2. The van der Waals surface area contributed by atoms with E-state index in [9.17, 15) is 4.79 Å². The maximum absolute atomic E-state index is 12.5. The number of nitrogens with zero attached hydrogens (tertiary/aromatic N) is 3. The fourth-order valence-corrected chi connectivity index (χ4v) is 3.23. The quantitative estimate of drug-likeness (QED) is 0.723. The molecule has 0 spiro atoms. The van der Waals surface area contributed by atoms with E-state index in [2.05, 4.69) is 29.2 Å². The third-order valence-electron chi connectivity index (χ3n) is 3.47. The van der Waals surface area contributed by atoms with Gasteiger partial charge in [-0.05, 0) is 45.2 Å². The Kier molecular flexibility index (Phi) is 6.53. The Morgan fingerprint density at radius 2 is 2.08 bits per heavy atom. The summed E-state index contributed by atoms with van der Waals surface area (Å²) < 4.78 is 5.53. The zero-order valence-corrected chi connectivity index (χ0v) is 16.5. The number of amides is 1. The maximum atomic E-state index is 12.5. The monoisotopic (exact) mass is 361 g/mol. The normalized spacial score (nSPS) is 11.6. The van der Waals surface area contributed by atoms with Gasteiger partial charge in [-0.2, -0.15) is 0 Å². The molecule has 0 atom stereocenters. The number of aryl methyl sites for hydroxylation is 1. The van der Waals surface area contributed by atoms with Crippen LogP contribution >= 0.6 is 11.3 Å². The first kappa shape index (κ1) is 19.4. The van der Waals surface area contributed by atoms with Crippen molar-refractivity contribution in [3.63, 3.8) is 0 Å². The number of hydrogen-bond donors (Lipinski definition) is 0. The number of pyridine rings is 1. The largest absolute Gasteiger partial charge is 0.443 e. The molecule has 0 saturated heterocycles. The fraction of sp³-hybridized carbons (Fsp3) is 0.526. The molecule has 0 N–H and O–H groups in total. The molecule has 2 aromatic rings. The number of carbonyl (C=O) groups excluding carboxylic acids is 1. The molecule has 0 aliphatic carbocycles. The minimum Gasteiger partial charge on any atom is -0.443 e. The molecule has 2 rings (SSSR count). The van der Waals surface area contributed by atoms with Gasteiger partial charge in [0, 0.05) is 24.5 Å². The molecular weight excluding hydrogens is 334 g/mol. The minimum absolute atomic E-state index is 0.367. The van der Waals surface area contributed by atoms with Crippen LogP contribution in [-0.2, 0) is 11.2 Å². The van der Waals surface area contributed by atoms with Gasteiger partial charge in [0.25, 0.3) is 0 Å². The molecule has 5 nitrogen and oxygen atoms in total. The smallest absolute Gasteiger partial charge is 0.416 e. The summed E-state index contributed by atoms with van der Waals surface area (Å²) in [6.07, 6.45) is 2.96. The van der Waals surface area contributed by atoms with Gasteiger partial charge < -0.3 is 4.74 Å². The lowest BCUT2D eigenvalue weighted by atomic mass is 10.2. The number of thiazole rings is 1. The number of anilines is 1. The zero-order valence-electron chi connectivity index (χ0n) is 15.7. The van der Waals surface area contributed by atoms with Crippen LogP contribution in [0.15, 0.2) is 29.8 Å². The van der Waals surface area contributed by atoms with Gasteiger partial charge in [0.15, 0.2) is 0 Å². The Hall–Kier alpha value is -1.95. The predicted octanol–water partition coefficient (Wildman–Crippen LogP) is 5.04. The van der Waals surface area contributed by atoms with Gasteiger partial charge in [-0.25, -0.2) is 14.8 Å². The lowest BCUT2D eigenvalue weighted by molar-refractivity contribution is 0.0579. The number of hydrogen-bond acceptors (Lipinski definition) is 5. The molecule has 0 bridgehead atoms. The topological polar surface area (TPSA) is 55.3 Å². The minimum atomic E-state index is -0.536. The second-order valence-electron chi connectivity index (χ2n) is 7.24. The van der Waals surface area contributed by atoms with Crippen LogP contribution in [0, 0.1) is 0 Å². The highest BCUT2D eigenvalue weighted by atomic mass is 32.1. The van der Waals surface area contributed by atoms with E-state index in [0.29, 0.717) is 18.3 Å². The highest BCUT2D eigenvalue weighted by Gasteiger charge is 2.24. The summed E-state index contributed by atoms with van der Waals surface area (Å²) in [6, 6.07) is 5.53. The Bertz CT molecular complexity index is 677. The van der Waals surface area contributed by atoms with Crippen LogP contribution in [0.5, 0.6) is 0 Å². The summed E-state index contributed by atoms with van der Waals surface area (Å²) in [5.41, 5.74) is 0.597. The molecule has 0 aromatic carbocycles. The molecule has 0 aliphatic heterocycles. The second-order valence-corrected chi connectivity index (χ2v) is 8.19. The first-order chi connectivity index (χ1) is 11.8. The van der Waals surface area contributed by atoms with Crippen molar-refractivity contribution in [2.75, 3.05) is 11.4 Å². The van der Waals surface area contributed by atoms with Crippen molar-refractivity contribution in [3.8, 4) is 0 Å². The van der Waals surface area contributed by atoms with Crippen LogP contribution in [0.25, 0.3) is 0 Å². The van der Waals surface area contributed by atoms with Crippen molar-refractivity contribution in [2.45, 2.75) is 59.0 Å². The van der Waals surface area contributed by atoms with Crippen LogP contribution in [0.3, 0.4) is 0 Å². The highest BCUT2D eigenvalue weighted by molar-refractivity contribution is 7.09. The Morgan fingerprint density at radius 1 is 1.32 bits per heavy atom. The Morgan fingerprint density at radius 3 is 2.64 bits per heavy atom. The third kappa shape index (κ3) is 6.12. The third-order valence-corrected chi connectivity index (χ3v) is 4.40. The summed E-state index contributed by atoms with van der Waals surface area (Å²) in [7, 11) is 0. The molecule has 136 valence electrons. The lowest BCUT2D eigenvalue weighted by Crippen LogP contribution is -2.38. The van der Waals surface area contributed by atoms with Crippen molar-refractivity contribution >= 4 is 23.2 Å². The van der Waals surface area contributed by atoms with Crippen molar-refractivity contribution < 1.29 is 9.53 Å². The van der Waals surface area contributed by atoms with E-state index < -0.39 is 5.60 Å². The molecule has 2 aromatic heterocycles. The zero-order chi connectivity index (χ0) is 18.4. The fourth-order valence-electron chi connectivity index (χ4n) is 2.22. The van der Waals surface area contributed by atoms with Crippen molar-refractivity contribution in [2.24, 2.45) is 0 Å². The van der Waals surface area contributed by atoms with Gasteiger partial charge in [-0.3, -0.25) is 4.90 Å². The van der Waals surface area contributed by atoms with E-state index in [0.717, 1.165) is 23.5 Å². The molecule has 0 unspecified atom stereocenters. The standard InChI is InChI=1S/C19H27N3O2S/c1-14(2)15-13-25-17(21-15)10-8-12-22(16-9-6-7-11-20-16)18(23)24-19(3,4)5/h6-7,9,11,13-14H,8,10,12H2,1-5H3. The van der Waals surface area contributed by atoms with E-state index in [-0.39, 0.29) is 6.09 Å². The van der Waals surface area contributed by atoms with E-state index in [1.807, 2.05) is 39.0 Å². The SMILES string of the molecule is CC(C)c1csc(CCCN(C(=O)OC(C)(C)C)c2ccccn2)n1. The number of carbonyl (C=O) groups is 1. The Labute approximate surface area is 154 Å². The van der Waals surface area contributed by atoms with E-state index in [1.54, 1.807) is 22.4 Å². The van der Waals surface area contributed by atoms with Crippen LogP contribution in [-0.4, -0.2) is 28.2 Å². The highest BCUT2D eigenvalue weighted by Crippen LogP contribution is 2.20. The van der Waals surface area contributed by atoms with Crippen LogP contribution < -0.4 is 4.90 Å². The van der Waals surface area contributed by atoms with Crippen molar-refractivity contribution in [3.05, 3.63) is 40.5 Å². The summed E-state index contributed by atoms with van der Waals surface area (Å²) in [4.78, 5) is 23.1. The first-order valence-electron chi connectivity index (χ1n) is 8.62. The van der Waals surface area contributed by atoms with Crippen LogP contribution in [0.1, 0.15) is 57.7 Å². The molecule has 2 heterocycles. The Balaban J connectivity index is 2.02. The number of rotatable bonds is 6. The van der Waals surface area contributed by atoms with E-state index >= 15 is 0 Å². The van der Waals surface area contributed by atoms with Gasteiger partial charge in [0.2, 0.25) is 0 Å². The first-order valence-corrected chi connectivity index (χ1v) is 9.50. The molecule has 0 aliphatic rings. The molecular formula is C19H27N3O2S. The van der Waals surface area contributed by atoms with Crippen molar-refractivity contribution in [1.29, 1.82) is 0 Å². The molecule has 6 heteroatoms. The van der Waals surface area contributed by atoms with Crippen LogP contribution in [0.2, 0.25) is 0 Å². The predicted molar refractivity (Wildman–Crippen MR) is 102 cm³/mol. The second kappa shape index (κ2) is 8.43. The summed E-state index contributed by atoms with van der Waals surface area (Å²) in [5, 5.41) is 3.22. The number of ether oxygens (including phenoxy) is 1. The maximum Gasteiger partial charge on any atom is 0.416 e. The van der Waals surface area contributed by atoms with Gasteiger partial charge in [0.1, 0.15) is 11.4 Å². The molecule has 0 fully saturated rings. The average Bonchev–Trinajstić information content (AvgIpc) is 3.00. The molecule has 0 radical (unpaired) electrons.